The Bertz CT molecular complexity index is 1410. The standard InChI is InChI=1S/C22H18N4O5S/c1-30-20(27)16-15(13-5-9-25-10-6-13)17(21(28)31-2)19(23)26-18(16)14(32-22(26)29)11-12-3-7-24-8-4-12/h3-11,15H,23H2,1-2H3. The van der Waals surface area contributed by atoms with Crippen LogP contribution in [-0.2, 0) is 19.1 Å². The van der Waals surface area contributed by atoms with Crippen LogP contribution in [0.5, 0.6) is 0 Å². The molecule has 1 unspecified atom stereocenters. The summed E-state index contributed by atoms with van der Waals surface area (Å²) in [6.45, 7) is 0. The van der Waals surface area contributed by atoms with Crippen molar-refractivity contribution < 1.29 is 19.1 Å². The Kier molecular flexibility index (Phi) is 5.69. The van der Waals surface area contributed by atoms with Gasteiger partial charge in [-0.15, -0.1) is 0 Å². The highest BCUT2D eigenvalue weighted by molar-refractivity contribution is 7.07. The lowest BCUT2D eigenvalue weighted by atomic mass is 9.82. The van der Waals surface area contributed by atoms with Gasteiger partial charge in [0.2, 0.25) is 0 Å². The fraction of sp³-hybridized carbons (Fsp3) is 0.136. The third kappa shape index (κ3) is 3.50. The van der Waals surface area contributed by atoms with Crippen LogP contribution in [0.2, 0.25) is 0 Å². The maximum absolute atomic E-state index is 13.1. The first-order chi connectivity index (χ1) is 15.5. The predicted octanol–water partition coefficient (Wildman–Crippen LogP) is -0.0500. The Labute approximate surface area is 185 Å². The number of nitrogens with zero attached hydrogens (tertiary/aromatic N) is 3. The highest BCUT2D eigenvalue weighted by atomic mass is 32.1. The number of ether oxygens (including phenoxy) is 2. The molecular weight excluding hydrogens is 432 g/mol. The molecule has 1 aliphatic rings. The van der Waals surface area contributed by atoms with E-state index in [0.29, 0.717) is 10.1 Å². The number of aromatic nitrogens is 3. The predicted molar refractivity (Wildman–Crippen MR) is 117 cm³/mol. The monoisotopic (exact) mass is 450 g/mol. The lowest BCUT2D eigenvalue weighted by Gasteiger charge is -2.26. The third-order valence-corrected chi connectivity index (χ3v) is 5.93. The molecule has 0 aromatic carbocycles. The Morgan fingerprint density at radius 1 is 1.00 bits per heavy atom. The van der Waals surface area contributed by atoms with E-state index in [9.17, 15) is 14.4 Å². The number of fused-ring (bicyclic) bond motifs is 1. The average molecular weight is 450 g/mol. The third-order valence-electron chi connectivity index (χ3n) is 5.04. The molecule has 3 aromatic heterocycles. The number of esters is 2. The van der Waals surface area contributed by atoms with E-state index in [1.165, 1.54) is 26.6 Å². The fourth-order valence-corrected chi connectivity index (χ4v) is 4.63. The quantitative estimate of drug-likeness (QED) is 0.549. The lowest BCUT2D eigenvalue weighted by molar-refractivity contribution is -0.136. The molecule has 4 heterocycles. The van der Waals surface area contributed by atoms with Crippen molar-refractivity contribution in [3.05, 3.63) is 85.3 Å². The van der Waals surface area contributed by atoms with Crippen LogP contribution >= 0.6 is 11.3 Å². The molecule has 0 fully saturated rings. The molecule has 0 amide bonds. The van der Waals surface area contributed by atoms with Gasteiger partial charge in [0.15, 0.2) is 0 Å². The number of hydrogen-bond acceptors (Lipinski definition) is 9. The maximum atomic E-state index is 13.1. The Balaban J connectivity index is 2.20. The number of rotatable bonds is 4. The van der Waals surface area contributed by atoms with Crippen molar-refractivity contribution in [2.75, 3.05) is 14.2 Å². The van der Waals surface area contributed by atoms with Gasteiger partial charge in [0.1, 0.15) is 5.82 Å². The van der Waals surface area contributed by atoms with Crippen molar-refractivity contribution in [2.45, 2.75) is 5.92 Å². The van der Waals surface area contributed by atoms with Gasteiger partial charge in [-0.05, 0) is 41.5 Å². The van der Waals surface area contributed by atoms with Crippen molar-refractivity contribution in [1.29, 1.82) is 0 Å². The summed E-state index contributed by atoms with van der Waals surface area (Å²) in [5.41, 5.74) is 7.77. The first-order valence-corrected chi connectivity index (χ1v) is 10.2. The summed E-state index contributed by atoms with van der Waals surface area (Å²) in [6.07, 6.45) is 8.06. The number of pyridine rings is 2. The second kappa shape index (κ2) is 8.60. The normalized spacial score (nSPS) is 16.0. The van der Waals surface area contributed by atoms with Gasteiger partial charge in [-0.25, -0.2) is 9.59 Å². The van der Waals surface area contributed by atoms with Crippen molar-refractivity contribution >= 4 is 40.7 Å². The van der Waals surface area contributed by atoms with Crippen LogP contribution in [0.1, 0.15) is 17.0 Å². The number of hydrogen-bond donors (Lipinski definition) is 1. The Morgan fingerprint density at radius 3 is 2.16 bits per heavy atom. The number of carbonyl (C=O) groups is 2. The zero-order chi connectivity index (χ0) is 22.8. The molecule has 32 heavy (non-hydrogen) atoms. The van der Waals surface area contributed by atoms with E-state index in [4.69, 9.17) is 15.2 Å². The molecule has 2 N–H and O–H groups in total. The molecule has 1 atom stereocenters. The van der Waals surface area contributed by atoms with Gasteiger partial charge in [-0.2, -0.15) is 0 Å². The van der Waals surface area contributed by atoms with E-state index >= 15 is 0 Å². The molecule has 3 aromatic rings. The molecule has 1 aliphatic heterocycles. The van der Waals surface area contributed by atoms with Gasteiger partial charge in [0.05, 0.1) is 41.2 Å². The van der Waals surface area contributed by atoms with Gasteiger partial charge in [-0.1, -0.05) is 11.3 Å². The summed E-state index contributed by atoms with van der Waals surface area (Å²) in [4.78, 5) is 46.3. The van der Waals surface area contributed by atoms with E-state index in [-0.39, 0.29) is 22.3 Å². The molecule has 0 bridgehead atoms. The average Bonchev–Trinajstić information content (AvgIpc) is 3.14. The zero-order valence-corrected chi connectivity index (χ0v) is 18.0. The maximum Gasteiger partial charge on any atom is 0.338 e. The molecule has 10 heteroatoms. The van der Waals surface area contributed by atoms with Crippen LogP contribution in [0, 0.1) is 0 Å². The van der Waals surface area contributed by atoms with Gasteiger partial charge in [-0.3, -0.25) is 19.3 Å². The van der Waals surface area contributed by atoms with E-state index in [0.717, 1.165) is 21.5 Å². The second-order valence-electron chi connectivity index (χ2n) is 6.75. The minimum Gasteiger partial charge on any atom is -0.466 e. The van der Waals surface area contributed by atoms with Crippen molar-refractivity contribution in [3.8, 4) is 0 Å². The van der Waals surface area contributed by atoms with Crippen LogP contribution in [0.4, 0.5) is 0 Å². The molecule has 9 nitrogen and oxygen atoms in total. The molecule has 0 saturated heterocycles. The topological polar surface area (TPSA) is 126 Å². The first-order valence-electron chi connectivity index (χ1n) is 9.42. The van der Waals surface area contributed by atoms with Crippen LogP contribution < -0.4 is 20.5 Å². The summed E-state index contributed by atoms with van der Waals surface area (Å²) in [5.74, 6) is -2.47. The Morgan fingerprint density at radius 2 is 1.56 bits per heavy atom. The molecule has 0 aliphatic carbocycles. The van der Waals surface area contributed by atoms with E-state index in [1.807, 2.05) is 0 Å². The van der Waals surface area contributed by atoms with Gasteiger partial charge >= 0.3 is 16.8 Å². The van der Waals surface area contributed by atoms with Gasteiger partial charge < -0.3 is 15.2 Å². The van der Waals surface area contributed by atoms with Crippen molar-refractivity contribution in [3.63, 3.8) is 0 Å². The summed E-state index contributed by atoms with van der Waals surface area (Å²) >= 11 is 0.903. The van der Waals surface area contributed by atoms with Crippen molar-refractivity contribution in [1.82, 2.24) is 14.5 Å². The number of carbonyl (C=O) groups excluding carboxylic acids is 2. The molecule has 0 spiro atoms. The molecule has 0 radical (unpaired) electrons. The van der Waals surface area contributed by atoms with Crippen LogP contribution in [0.3, 0.4) is 0 Å². The van der Waals surface area contributed by atoms with E-state index < -0.39 is 22.7 Å². The second-order valence-corrected chi connectivity index (χ2v) is 7.74. The van der Waals surface area contributed by atoms with E-state index in [1.54, 1.807) is 42.7 Å². The van der Waals surface area contributed by atoms with Crippen LogP contribution in [-0.4, -0.2) is 40.7 Å². The Hall–Kier alpha value is -4.05. The molecular formula is C22H18N4O5S. The summed E-state index contributed by atoms with van der Waals surface area (Å²) < 4.78 is 11.7. The fourth-order valence-electron chi connectivity index (χ4n) is 3.67. The minimum absolute atomic E-state index is 0.0260. The van der Waals surface area contributed by atoms with Gasteiger partial charge in [0.25, 0.3) is 0 Å². The highest BCUT2D eigenvalue weighted by Gasteiger charge is 2.39. The summed E-state index contributed by atoms with van der Waals surface area (Å²) in [6, 6.07) is 6.86. The zero-order valence-electron chi connectivity index (χ0n) is 17.1. The first kappa shape index (κ1) is 21.2. The smallest absolute Gasteiger partial charge is 0.338 e. The van der Waals surface area contributed by atoms with E-state index in [2.05, 4.69) is 9.97 Å². The highest BCUT2D eigenvalue weighted by Crippen LogP contribution is 2.36. The lowest BCUT2D eigenvalue weighted by Crippen LogP contribution is -2.44. The molecule has 4 rings (SSSR count). The van der Waals surface area contributed by atoms with Crippen LogP contribution in [0.25, 0.3) is 17.5 Å². The summed E-state index contributed by atoms with van der Waals surface area (Å²) in [7, 11) is 2.44. The molecule has 162 valence electrons. The number of nitrogens with two attached hydrogens (primary N) is 1. The number of thiazole rings is 1. The van der Waals surface area contributed by atoms with Crippen molar-refractivity contribution in [2.24, 2.45) is 5.73 Å². The molecule has 0 saturated carbocycles. The minimum atomic E-state index is -0.920. The van der Waals surface area contributed by atoms with Gasteiger partial charge in [0, 0.05) is 24.8 Å². The summed E-state index contributed by atoms with van der Waals surface area (Å²) in [5, 5.41) is 0.274. The largest absolute Gasteiger partial charge is 0.466 e. The number of methoxy groups -OCH3 is 2. The SMILES string of the molecule is COC(=O)C1=C(N)n2c(=O)sc(=Cc3ccncc3)c2=C(C(=O)OC)C1c1ccncc1. The van der Waals surface area contributed by atoms with Crippen LogP contribution in [0.15, 0.2) is 59.4 Å².